The number of pyridine rings is 1. The summed E-state index contributed by atoms with van der Waals surface area (Å²) in [6.07, 6.45) is 1.68. The van der Waals surface area contributed by atoms with E-state index in [1.54, 1.807) is 6.20 Å². The molecule has 4 aromatic carbocycles. The predicted octanol–water partition coefficient (Wildman–Crippen LogP) is 7.34. The molecule has 0 fully saturated rings. The highest BCUT2D eigenvalue weighted by atomic mass is 16.3. The molecule has 0 spiro atoms. The van der Waals surface area contributed by atoms with Crippen molar-refractivity contribution in [3.63, 3.8) is 0 Å². The van der Waals surface area contributed by atoms with E-state index in [-0.39, 0.29) is 0 Å². The number of hydrogen-bond acceptors (Lipinski definition) is 3. The average molecular weight is 396 g/mol. The molecule has 3 heteroatoms. The summed E-state index contributed by atoms with van der Waals surface area (Å²) < 4.78 is 6.22. The molecule has 0 saturated carbocycles. The van der Waals surface area contributed by atoms with Crippen molar-refractivity contribution in [3.8, 4) is 28.3 Å². The fraction of sp³-hybridized carbons (Fsp3) is 0. The van der Waals surface area contributed by atoms with Crippen LogP contribution in [-0.2, 0) is 0 Å². The van der Waals surface area contributed by atoms with Crippen LogP contribution in [0.3, 0.4) is 0 Å². The van der Waals surface area contributed by atoms with Crippen LogP contribution in [0.2, 0.25) is 0 Å². The smallest absolute Gasteiger partial charge is 0.141 e. The standard InChI is InChI=1S/C28H16N2O/c29-17-21-15-19(12-13-30-21)18-6-5-7-20(14-18)25-16-27-28(23-9-2-1-8-22(23)25)24-10-3-4-11-26(24)31-27/h1-16H. The van der Waals surface area contributed by atoms with Crippen LogP contribution in [0.25, 0.3) is 55.0 Å². The first-order chi connectivity index (χ1) is 15.3. The summed E-state index contributed by atoms with van der Waals surface area (Å²) in [5.74, 6) is 0. The molecule has 6 rings (SSSR count). The molecule has 2 aromatic heterocycles. The first-order valence-corrected chi connectivity index (χ1v) is 10.1. The SMILES string of the molecule is N#Cc1cc(-c2cccc(-c3cc4oc5ccccc5c4c4ccccc34)c2)ccn1. The average Bonchev–Trinajstić information content (AvgIpc) is 3.22. The zero-order valence-electron chi connectivity index (χ0n) is 16.5. The molecule has 0 radical (unpaired) electrons. The van der Waals surface area contributed by atoms with Crippen molar-refractivity contribution in [3.05, 3.63) is 103 Å². The Hall–Kier alpha value is -4.42. The Morgan fingerprint density at radius 3 is 2.26 bits per heavy atom. The lowest BCUT2D eigenvalue weighted by atomic mass is 9.93. The van der Waals surface area contributed by atoms with Crippen molar-refractivity contribution in [2.24, 2.45) is 0 Å². The van der Waals surface area contributed by atoms with Gasteiger partial charge in [-0.15, -0.1) is 0 Å². The molecule has 0 aliphatic carbocycles. The number of benzene rings is 4. The van der Waals surface area contributed by atoms with E-state index >= 15 is 0 Å². The summed E-state index contributed by atoms with van der Waals surface area (Å²) in [6.45, 7) is 0. The van der Waals surface area contributed by atoms with Crippen molar-refractivity contribution < 1.29 is 4.42 Å². The molecule has 31 heavy (non-hydrogen) atoms. The minimum Gasteiger partial charge on any atom is -0.456 e. The van der Waals surface area contributed by atoms with Crippen molar-refractivity contribution in [1.82, 2.24) is 4.98 Å². The number of hydrogen-bond donors (Lipinski definition) is 0. The molecule has 0 N–H and O–H groups in total. The number of para-hydroxylation sites is 1. The highest BCUT2D eigenvalue weighted by Gasteiger charge is 2.14. The number of rotatable bonds is 2. The Labute approximate surface area is 178 Å². The number of furan rings is 1. The Balaban J connectivity index is 1.63. The lowest BCUT2D eigenvalue weighted by Crippen LogP contribution is -1.86. The second kappa shape index (κ2) is 6.83. The zero-order valence-corrected chi connectivity index (χ0v) is 16.5. The van der Waals surface area contributed by atoms with Crippen LogP contribution in [0.5, 0.6) is 0 Å². The first-order valence-electron chi connectivity index (χ1n) is 10.1. The minimum atomic E-state index is 0.414. The normalized spacial score (nSPS) is 11.2. The van der Waals surface area contributed by atoms with Crippen LogP contribution in [0.1, 0.15) is 5.69 Å². The molecule has 0 saturated heterocycles. The molecule has 0 atom stereocenters. The van der Waals surface area contributed by atoms with E-state index in [9.17, 15) is 5.26 Å². The minimum absolute atomic E-state index is 0.414. The van der Waals surface area contributed by atoms with Crippen molar-refractivity contribution in [2.45, 2.75) is 0 Å². The maximum atomic E-state index is 9.20. The van der Waals surface area contributed by atoms with Gasteiger partial charge in [0.05, 0.1) is 0 Å². The van der Waals surface area contributed by atoms with Crippen LogP contribution < -0.4 is 0 Å². The lowest BCUT2D eigenvalue weighted by molar-refractivity contribution is 0.669. The third-order valence-corrected chi connectivity index (χ3v) is 5.77. The van der Waals surface area contributed by atoms with Gasteiger partial charge in [0.2, 0.25) is 0 Å². The predicted molar refractivity (Wildman–Crippen MR) is 125 cm³/mol. The molecule has 0 aliphatic heterocycles. The summed E-state index contributed by atoms with van der Waals surface area (Å²) in [5, 5.41) is 13.9. The van der Waals surface area contributed by atoms with Gasteiger partial charge < -0.3 is 4.42 Å². The largest absolute Gasteiger partial charge is 0.456 e. The Morgan fingerprint density at radius 1 is 0.645 bits per heavy atom. The molecular weight excluding hydrogens is 380 g/mol. The van der Waals surface area contributed by atoms with Crippen LogP contribution in [0, 0.1) is 11.3 Å². The maximum Gasteiger partial charge on any atom is 0.141 e. The Morgan fingerprint density at radius 2 is 1.39 bits per heavy atom. The van der Waals surface area contributed by atoms with E-state index < -0.39 is 0 Å². The van der Waals surface area contributed by atoms with E-state index in [0.717, 1.165) is 44.2 Å². The molecular formula is C28H16N2O. The van der Waals surface area contributed by atoms with Gasteiger partial charge in [-0.1, -0.05) is 60.7 Å². The van der Waals surface area contributed by atoms with Gasteiger partial charge in [-0.2, -0.15) is 5.26 Å². The van der Waals surface area contributed by atoms with Gasteiger partial charge >= 0.3 is 0 Å². The van der Waals surface area contributed by atoms with Crippen LogP contribution in [0.15, 0.2) is 102 Å². The van der Waals surface area contributed by atoms with Crippen LogP contribution in [0.4, 0.5) is 0 Å². The number of nitrogens with zero attached hydrogens (tertiary/aromatic N) is 2. The number of fused-ring (bicyclic) bond motifs is 5. The zero-order chi connectivity index (χ0) is 20.8. The van der Waals surface area contributed by atoms with Gasteiger partial charge in [0.15, 0.2) is 0 Å². The maximum absolute atomic E-state index is 9.20. The third-order valence-electron chi connectivity index (χ3n) is 5.77. The molecule has 0 aliphatic rings. The molecule has 0 bridgehead atoms. The summed E-state index contributed by atoms with van der Waals surface area (Å²) in [5.41, 5.74) is 6.44. The van der Waals surface area contributed by atoms with Gasteiger partial charge in [0.1, 0.15) is 22.9 Å². The van der Waals surface area contributed by atoms with Crippen molar-refractivity contribution in [2.75, 3.05) is 0 Å². The lowest BCUT2D eigenvalue weighted by Gasteiger charge is -2.10. The van der Waals surface area contributed by atoms with Gasteiger partial charge in [-0.05, 0) is 63.4 Å². The molecule has 0 unspecified atom stereocenters. The third kappa shape index (κ3) is 2.78. The first kappa shape index (κ1) is 17.4. The Kier molecular flexibility index (Phi) is 3.84. The summed E-state index contributed by atoms with van der Waals surface area (Å²) in [7, 11) is 0. The summed E-state index contributed by atoms with van der Waals surface area (Å²) >= 11 is 0. The highest BCUT2D eigenvalue weighted by Crippen LogP contribution is 2.40. The molecule has 0 amide bonds. The van der Waals surface area contributed by atoms with E-state index in [0.29, 0.717) is 5.69 Å². The number of aromatic nitrogens is 1. The van der Waals surface area contributed by atoms with E-state index in [1.807, 2.05) is 30.3 Å². The fourth-order valence-electron chi connectivity index (χ4n) is 4.37. The van der Waals surface area contributed by atoms with Crippen molar-refractivity contribution in [1.29, 1.82) is 5.26 Å². The summed E-state index contributed by atoms with van der Waals surface area (Å²) in [6, 6.07) is 33.1. The number of nitriles is 1. The van der Waals surface area contributed by atoms with Gasteiger partial charge in [0.25, 0.3) is 0 Å². The van der Waals surface area contributed by atoms with E-state index in [2.05, 4.69) is 71.7 Å². The van der Waals surface area contributed by atoms with Gasteiger partial charge in [-0.3, -0.25) is 0 Å². The Bertz CT molecular complexity index is 1650. The highest BCUT2D eigenvalue weighted by molar-refractivity contribution is 6.22. The fourth-order valence-corrected chi connectivity index (χ4v) is 4.37. The molecule has 2 heterocycles. The second-order valence-corrected chi connectivity index (χ2v) is 7.56. The van der Waals surface area contributed by atoms with Gasteiger partial charge in [-0.25, -0.2) is 4.98 Å². The van der Waals surface area contributed by atoms with Crippen LogP contribution in [-0.4, -0.2) is 4.98 Å². The molecule has 144 valence electrons. The quantitative estimate of drug-likeness (QED) is 0.308. The molecule has 3 nitrogen and oxygen atoms in total. The van der Waals surface area contributed by atoms with Crippen LogP contribution >= 0.6 is 0 Å². The second-order valence-electron chi connectivity index (χ2n) is 7.56. The molecule has 6 aromatic rings. The van der Waals surface area contributed by atoms with Crippen molar-refractivity contribution >= 4 is 32.7 Å². The van der Waals surface area contributed by atoms with Gasteiger partial charge in [0, 0.05) is 17.0 Å². The summed E-state index contributed by atoms with van der Waals surface area (Å²) in [4.78, 5) is 4.09. The monoisotopic (exact) mass is 396 g/mol. The topological polar surface area (TPSA) is 49.8 Å². The van der Waals surface area contributed by atoms with E-state index in [1.165, 1.54) is 10.8 Å². The van der Waals surface area contributed by atoms with E-state index in [4.69, 9.17) is 4.42 Å².